The van der Waals surface area contributed by atoms with Crippen LogP contribution >= 0.6 is 55.1 Å². The summed E-state index contributed by atoms with van der Waals surface area (Å²) in [5.74, 6) is 1.86. The van der Waals surface area contributed by atoms with E-state index in [1.54, 1.807) is 49.7 Å². The number of fused-ring (bicyclic) bond motifs is 2. The number of para-hydroxylation sites is 1. The van der Waals surface area contributed by atoms with Crippen molar-refractivity contribution in [1.82, 2.24) is 9.66 Å². The molecule has 7 nitrogen and oxygen atoms in total. The van der Waals surface area contributed by atoms with E-state index in [9.17, 15) is 4.79 Å². The van der Waals surface area contributed by atoms with Crippen LogP contribution in [0.25, 0.3) is 33.5 Å². The minimum absolute atomic E-state index is 0.241. The van der Waals surface area contributed by atoms with Crippen molar-refractivity contribution in [2.75, 3.05) is 7.11 Å². The van der Waals surface area contributed by atoms with Gasteiger partial charge in [-0.3, -0.25) is 4.79 Å². The summed E-state index contributed by atoms with van der Waals surface area (Å²) in [7, 11) is 1.59. The number of halogens is 4. The van der Waals surface area contributed by atoms with Gasteiger partial charge in [-0.2, -0.15) is 9.78 Å². The summed E-state index contributed by atoms with van der Waals surface area (Å²) in [4.78, 5) is 18.4. The molecule has 6 aromatic rings. The van der Waals surface area contributed by atoms with Crippen LogP contribution in [0.2, 0.25) is 10.0 Å². The summed E-state index contributed by atoms with van der Waals surface area (Å²) in [6.45, 7) is 0.241. The van der Waals surface area contributed by atoms with Gasteiger partial charge in [-0.1, -0.05) is 47.5 Å². The molecule has 0 spiro atoms. The van der Waals surface area contributed by atoms with E-state index >= 15 is 0 Å². The second-order valence-corrected chi connectivity index (χ2v) is 11.7. The molecule has 0 radical (unpaired) electrons. The molecule has 6 rings (SSSR count). The lowest BCUT2D eigenvalue weighted by atomic mass is 10.2. The molecule has 0 aliphatic rings. The molecular formula is C31H19Br2Cl2N3O4. The predicted molar refractivity (Wildman–Crippen MR) is 173 cm³/mol. The number of furan rings is 1. The average molecular weight is 728 g/mol. The standard InChI is InChI=1S/C31H19Br2Cl2N3O4/c1-40-26-7-4-8-27-21(26)14-28(42-27)30-37-25-6-3-2-5-20(25)31(39)38(30)36-15-17-11-22(32)29(23(33)12-17)41-16-18-9-10-19(34)13-24(18)35/h2-15H,16H2,1H3. The molecule has 0 amide bonds. The molecule has 210 valence electrons. The second kappa shape index (κ2) is 11.9. The number of nitrogens with zero attached hydrogens (tertiary/aromatic N) is 3. The summed E-state index contributed by atoms with van der Waals surface area (Å²) < 4.78 is 20.2. The molecule has 0 N–H and O–H groups in total. The normalized spacial score (nSPS) is 11.5. The van der Waals surface area contributed by atoms with Gasteiger partial charge < -0.3 is 13.9 Å². The summed E-state index contributed by atoms with van der Waals surface area (Å²) in [5, 5.41) is 6.82. The maximum absolute atomic E-state index is 13.6. The van der Waals surface area contributed by atoms with Crippen LogP contribution in [0, 0.1) is 0 Å². The number of hydrogen-bond donors (Lipinski definition) is 0. The third-order valence-electron chi connectivity index (χ3n) is 6.45. The molecular weight excluding hydrogens is 709 g/mol. The van der Waals surface area contributed by atoms with Crippen molar-refractivity contribution >= 4 is 83.1 Å². The molecule has 0 aliphatic carbocycles. The maximum atomic E-state index is 13.6. The first-order chi connectivity index (χ1) is 20.3. The Balaban J connectivity index is 1.38. The van der Waals surface area contributed by atoms with Crippen LogP contribution in [0.3, 0.4) is 0 Å². The van der Waals surface area contributed by atoms with E-state index < -0.39 is 0 Å². The molecule has 0 unspecified atom stereocenters. The molecule has 2 aromatic heterocycles. The Labute approximate surface area is 266 Å². The molecule has 11 heteroatoms. The highest BCUT2D eigenvalue weighted by Crippen LogP contribution is 2.36. The highest BCUT2D eigenvalue weighted by Gasteiger charge is 2.18. The van der Waals surface area contributed by atoms with Crippen molar-refractivity contribution in [2.24, 2.45) is 5.10 Å². The van der Waals surface area contributed by atoms with E-state index in [4.69, 9.17) is 42.1 Å². The van der Waals surface area contributed by atoms with E-state index in [1.165, 1.54) is 4.68 Å². The van der Waals surface area contributed by atoms with E-state index in [0.29, 0.717) is 58.3 Å². The van der Waals surface area contributed by atoms with Crippen LogP contribution in [0.15, 0.2) is 102 Å². The number of hydrogen-bond acceptors (Lipinski definition) is 6. The summed E-state index contributed by atoms with van der Waals surface area (Å²) in [6, 6.07) is 23.3. The first-order valence-corrected chi connectivity index (χ1v) is 14.9. The maximum Gasteiger partial charge on any atom is 0.282 e. The van der Waals surface area contributed by atoms with Gasteiger partial charge in [-0.05, 0) is 92.0 Å². The lowest BCUT2D eigenvalue weighted by Gasteiger charge is -2.12. The van der Waals surface area contributed by atoms with Gasteiger partial charge in [0.15, 0.2) is 5.76 Å². The Bertz CT molecular complexity index is 2050. The molecule has 42 heavy (non-hydrogen) atoms. The minimum atomic E-state index is -0.336. The van der Waals surface area contributed by atoms with Crippen molar-refractivity contribution in [2.45, 2.75) is 6.61 Å². The van der Waals surface area contributed by atoms with Gasteiger partial charge in [-0.25, -0.2) is 4.98 Å². The topological polar surface area (TPSA) is 78.9 Å². The van der Waals surface area contributed by atoms with E-state index in [0.717, 1.165) is 10.9 Å². The van der Waals surface area contributed by atoms with Crippen molar-refractivity contribution < 1.29 is 13.9 Å². The van der Waals surface area contributed by atoms with Crippen molar-refractivity contribution in [3.05, 3.63) is 119 Å². The second-order valence-electron chi connectivity index (χ2n) is 9.13. The first kappa shape index (κ1) is 28.5. The van der Waals surface area contributed by atoms with Crippen molar-refractivity contribution in [1.29, 1.82) is 0 Å². The van der Waals surface area contributed by atoms with Gasteiger partial charge in [0.2, 0.25) is 5.82 Å². The van der Waals surface area contributed by atoms with Crippen LogP contribution in [-0.4, -0.2) is 23.0 Å². The number of rotatable bonds is 7. The number of benzene rings is 4. The lowest BCUT2D eigenvalue weighted by molar-refractivity contribution is 0.302. The Morgan fingerprint density at radius 1 is 0.976 bits per heavy atom. The van der Waals surface area contributed by atoms with Gasteiger partial charge in [0.1, 0.15) is 23.7 Å². The smallest absolute Gasteiger partial charge is 0.282 e. The van der Waals surface area contributed by atoms with Crippen LogP contribution in [-0.2, 0) is 6.61 Å². The van der Waals surface area contributed by atoms with E-state index in [2.05, 4.69) is 37.0 Å². The minimum Gasteiger partial charge on any atom is -0.496 e. The van der Waals surface area contributed by atoms with Crippen LogP contribution in [0.4, 0.5) is 0 Å². The summed E-state index contributed by atoms with van der Waals surface area (Å²) in [6.07, 6.45) is 1.57. The molecule has 4 aromatic carbocycles. The van der Waals surface area contributed by atoms with Crippen LogP contribution in [0.1, 0.15) is 11.1 Å². The third-order valence-corrected chi connectivity index (χ3v) is 8.21. The number of ether oxygens (including phenoxy) is 2. The van der Waals surface area contributed by atoms with Gasteiger partial charge in [0.25, 0.3) is 5.56 Å². The van der Waals surface area contributed by atoms with Crippen molar-refractivity contribution in [3.8, 4) is 23.1 Å². The van der Waals surface area contributed by atoms with Crippen LogP contribution in [0.5, 0.6) is 11.5 Å². The first-order valence-electron chi connectivity index (χ1n) is 12.5. The Morgan fingerprint density at radius 2 is 1.76 bits per heavy atom. The largest absolute Gasteiger partial charge is 0.496 e. The Morgan fingerprint density at radius 3 is 2.52 bits per heavy atom. The Kier molecular flexibility index (Phi) is 8.09. The molecule has 2 heterocycles. The fourth-order valence-corrected chi connectivity index (χ4v) is 6.33. The van der Waals surface area contributed by atoms with Gasteiger partial charge in [0.05, 0.1) is 38.6 Å². The zero-order valence-corrected chi connectivity index (χ0v) is 26.5. The average Bonchev–Trinajstić information content (AvgIpc) is 3.42. The Hall–Kier alpha value is -3.63. The molecule has 0 bridgehead atoms. The van der Waals surface area contributed by atoms with Gasteiger partial charge in [0, 0.05) is 15.6 Å². The highest BCUT2D eigenvalue weighted by atomic mass is 79.9. The molecule has 0 atom stereocenters. The van der Waals surface area contributed by atoms with E-state index in [1.807, 2.05) is 42.5 Å². The fraction of sp³-hybridized carbons (Fsp3) is 0.0645. The zero-order valence-electron chi connectivity index (χ0n) is 21.8. The third kappa shape index (κ3) is 5.57. The molecule has 0 saturated carbocycles. The summed E-state index contributed by atoms with van der Waals surface area (Å²) in [5.41, 5.74) is 2.29. The molecule has 0 aliphatic heterocycles. The lowest BCUT2D eigenvalue weighted by Crippen LogP contribution is -2.20. The number of aromatic nitrogens is 2. The van der Waals surface area contributed by atoms with Gasteiger partial charge >= 0.3 is 0 Å². The monoisotopic (exact) mass is 725 g/mol. The van der Waals surface area contributed by atoms with Crippen molar-refractivity contribution in [3.63, 3.8) is 0 Å². The summed E-state index contributed by atoms with van der Waals surface area (Å²) >= 11 is 19.5. The zero-order chi connectivity index (χ0) is 29.4. The van der Waals surface area contributed by atoms with E-state index in [-0.39, 0.29) is 18.0 Å². The van der Waals surface area contributed by atoms with Crippen LogP contribution < -0.4 is 15.0 Å². The number of methoxy groups -OCH3 is 1. The predicted octanol–water partition coefficient (Wildman–Crippen LogP) is 9.11. The highest BCUT2D eigenvalue weighted by molar-refractivity contribution is 9.11. The fourth-order valence-electron chi connectivity index (χ4n) is 4.42. The van der Waals surface area contributed by atoms with Gasteiger partial charge in [-0.15, -0.1) is 0 Å². The SMILES string of the molecule is COc1cccc2oc(-c3nc4ccccc4c(=O)n3N=Cc3cc(Br)c(OCc4ccc(Cl)cc4Cl)c(Br)c3)cc12. The molecule has 0 fully saturated rings. The molecule has 0 saturated heterocycles. The quantitative estimate of drug-likeness (QED) is 0.153.